The highest BCUT2D eigenvalue weighted by Gasteiger charge is 2.33. The SMILES string of the molecule is COCc1ccc(C2CCCN2C(=O)c2cccc(C(=O)O)n2)o1. The molecular weight excluding hydrogens is 312 g/mol. The molecule has 1 unspecified atom stereocenters. The van der Waals surface area contributed by atoms with Gasteiger partial charge < -0.3 is 19.2 Å². The maximum absolute atomic E-state index is 12.7. The molecule has 1 fully saturated rings. The van der Waals surface area contributed by atoms with Crippen molar-refractivity contribution in [2.24, 2.45) is 0 Å². The van der Waals surface area contributed by atoms with Gasteiger partial charge in [0, 0.05) is 13.7 Å². The summed E-state index contributed by atoms with van der Waals surface area (Å²) in [6.45, 7) is 0.964. The average molecular weight is 330 g/mol. The van der Waals surface area contributed by atoms with Crippen LogP contribution in [0.2, 0.25) is 0 Å². The van der Waals surface area contributed by atoms with Crippen molar-refractivity contribution >= 4 is 11.9 Å². The molecule has 1 atom stereocenters. The fourth-order valence-electron chi connectivity index (χ4n) is 2.92. The van der Waals surface area contributed by atoms with Crippen LogP contribution in [-0.4, -0.2) is 40.5 Å². The molecule has 7 nitrogen and oxygen atoms in total. The van der Waals surface area contributed by atoms with Gasteiger partial charge in [-0.1, -0.05) is 6.07 Å². The van der Waals surface area contributed by atoms with Crippen LogP contribution < -0.4 is 0 Å². The highest BCUT2D eigenvalue weighted by Crippen LogP contribution is 2.34. The van der Waals surface area contributed by atoms with Crippen LogP contribution in [0.1, 0.15) is 51.4 Å². The molecular formula is C17H18N2O5. The van der Waals surface area contributed by atoms with Gasteiger partial charge in [0.1, 0.15) is 29.5 Å². The molecule has 1 saturated heterocycles. The normalized spacial score (nSPS) is 17.2. The Bertz CT molecular complexity index is 755. The van der Waals surface area contributed by atoms with E-state index in [9.17, 15) is 9.59 Å². The number of carbonyl (C=O) groups excluding carboxylic acids is 1. The molecule has 3 heterocycles. The topological polar surface area (TPSA) is 92.9 Å². The Morgan fingerprint density at radius 2 is 2.12 bits per heavy atom. The molecule has 0 radical (unpaired) electrons. The van der Waals surface area contributed by atoms with Crippen LogP contribution in [0, 0.1) is 0 Å². The van der Waals surface area contributed by atoms with E-state index in [1.54, 1.807) is 12.0 Å². The molecule has 0 aromatic carbocycles. The number of carboxylic acids is 1. The van der Waals surface area contributed by atoms with E-state index in [0.717, 1.165) is 12.8 Å². The Labute approximate surface area is 138 Å². The second kappa shape index (κ2) is 6.84. The Kier molecular flexibility index (Phi) is 4.61. The highest BCUT2D eigenvalue weighted by atomic mass is 16.5. The van der Waals surface area contributed by atoms with Gasteiger partial charge in [0.15, 0.2) is 0 Å². The first-order chi connectivity index (χ1) is 11.6. The van der Waals surface area contributed by atoms with Gasteiger partial charge in [-0.3, -0.25) is 4.79 Å². The summed E-state index contributed by atoms with van der Waals surface area (Å²) in [5, 5.41) is 9.03. The molecule has 1 aliphatic rings. The lowest BCUT2D eigenvalue weighted by Crippen LogP contribution is -2.31. The number of pyridine rings is 1. The summed E-state index contributed by atoms with van der Waals surface area (Å²) in [5.41, 5.74) is -0.0116. The van der Waals surface area contributed by atoms with Crippen molar-refractivity contribution < 1.29 is 23.8 Å². The molecule has 1 amide bonds. The summed E-state index contributed by atoms with van der Waals surface area (Å²) in [6.07, 6.45) is 1.65. The molecule has 0 saturated carbocycles. The van der Waals surface area contributed by atoms with E-state index in [-0.39, 0.29) is 23.3 Å². The molecule has 2 aromatic heterocycles. The lowest BCUT2D eigenvalue weighted by atomic mass is 10.1. The number of likely N-dealkylation sites (tertiary alicyclic amines) is 1. The number of nitrogens with zero attached hydrogens (tertiary/aromatic N) is 2. The Morgan fingerprint density at radius 3 is 2.88 bits per heavy atom. The van der Waals surface area contributed by atoms with Gasteiger partial charge in [-0.2, -0.15) is 0 Å². The minimum Gasteiger partial charge on any atom is -0.477 e. The number of aromatic carboxylic acids is 1. The number of methoxy groups -OCH3 is 1. The van der Waals surface area contributed by atoms with E-state index in [4.69, 9.17) is 14.3 Å². The number of carboxylic acid groups (broad SMARTS) is 1. The first kappa shape index (κ1) is 16.2. The highest BCUT2D eigenvalue weighted by molar-refractivity contribution is 5.94. The van der Waals surface area contributed by atoms with Gasteiger partial charge in [-0.25, -0.2) is 9.78 Å². The van der Waals surface area contributed by atoms with E-state index in [1.807, 2.05) is 12.1 Å². The third-order valence-corrected chi connectivity index (χ3v) is 4.00. The van der Waals surface area contributed by atoms with Crippen molar-refractivity contribution in [3.63, 3.8) is 0 Å². The smallest absolute Gasteiger partial charge is 0.354 e. The van der Waals surface area contributed by atoms with Crippen LogP contribution in [0.25, 0.3) is 0 Å². The van der Waals surface area contributed by atoms with Crippen molar-refractivity contribution in [1.29, 1.82) is 0 Å². The predicted octanol–water partition coefficient (Wildman–Crippen LogP) is 2.50. The fraction of sp³-hybridized carbons (Fsp3) is 0.353. The standard InChI is InChI=1S/C17H18N2O5/c1-23-10-11-7-8-15(24-11)14-6-3-9-19(14)16(20)12-4-2-5-13(18-12)17(21)22/h2,4-5,7-8,14H,3,6,9-10H2,1H3,(H,21,22). The summed E-state index contributed by atoms with van der Waals surface area (Å²) in [4.78, 5) is 29.4. The molecule has 0 bridgehead atoms. The van der Waals surface area contributed by atoms with Crippen LogP contribution >= 0.6 is 0 Å². The third kappa shape index (κ3) is 3.16. The lowest BCUT2D eigenvalue weighted by Gasteiger charge is -2.22. The Morgan fingerprint density at radius 1 is 1.33 bits per heavy atom. The lowest BCUT2D eigenvalue weighted by molar-refractivity contribution is 0.0688. The first-order valence-electron chi connectivity index (χ1n) is 7.69. The second-order valence-electron chi connectivity index (χ2n) is 5.61. The van der Waals surface area contributed by atoms with Gasteiger partial charge in [0.05, 0.1) is 6.04 Å². The van der Waals surface area contributed by atoms with Crippen LogP contribution in [0.15, 0.2) is 34.7 Å². The zero-order valence-electron chi connectivity index (χ0n) is 13.3. The summed E-state index contributed by atoms with van der Waals surface area (Å²) in [6, 6.07) is 7.94. The zero-order valence-corrected chi connectivity index (χ0v) is 13.3. The quantitative estimate of drug-likeness (QED) is 0.905. The molecule has 24 heavy (non-hydrogen) atoms. The number of rotatable bonds is 5. The van der Waals surface area contributed by atoms with Gasteiger partial charge >= 0.3 is 5.97 Å². The van der Waals surface area contributed by atoms with Gasteiger partial charge in [0.25, 0.3) is 5.91 Å². The van der Waals surface area contributed by atoms with Gasteiger partial charge in [-0.05, 0) is 37.1 Å². The van der Waals surface area contributed by atoms with E-state index >= 15 is 0 Å². The Balaban J connectivity index is 1.83. The number of amides is 1. The minimum absolute atomic E-state index is 0.130. The molecule has 1 N–H and O–H groups in total. The number of carbonyl (C=O) groups is 2. The van der Waals surface area contributed by atoms with Crippen molar-refractivity contribution in [2.45, 2.75) is 25.5 Å². The van der Waals surface area contributed by atoms with Crippen molar-refractivity contribution in [2.75, 3.05) is 13.7 Å². The zero-order chi connectivity index (χ0) is 17.1. The van der Waals surface area contributed by atoms with Crippen LogP contribution in [0.4, 0.5) is 0 Å². The molecule has 126 valence electrons. The number of hydrogen-bond acceptors (Lipinski definition) is 5. The van der Waals surface area contributed by atoms with Crippen molar-refractivity contribution in [1.82, 2.24) is 9.88 Å². The molecule has 1 aliphatic heterocycles. The van der Waals surface area contributed by atoms with E-state index < -0.39 is 5.97 Å². The monoisotopic (exact) mass is 330 g/mol. The first-order valence-corrected chi connectivity index (χ1v) is 7.69. The van der Waals surface area contributed by atoms with Crippen LogP contribution in [-0.2, 0) is 11.3 Å². The third-order valence-electron chi connectivity index (χ3n) is 4.00. The summed E-state index contributed by atoms with van der Waals surface area (Å²) in [5.74, 6) is -0.0248. The average Bonchev–Trinajstić information content (AvgIpc) is 3.23. The van der Waals surface area contributed by atoms with E-state index in [2.05, 4.69) is 4.98 Å². The van der Waals surface area contributed by atoms with Crippen LogP contribution in [0.3, 0.4) is 0 Å². The van der Waals surface area contributed by atoms with Crippen molar-refractivity contribution in [3.8, 4) is 0 Å². The summed E-state index contributed by atoms with van der Waals surface area (Å²) in [7, 11) is 1.59. The molecule has 0 spiro atoms. The summed E-state index contributed by atoms with van der Waals surface area (Å²) >= 11 is 0. The van der Waals surface area contributed by atoms with Crippen LogP contribution in [0.5, 0.6) is 0 Å². The van der Waals surface area contributed by atoms with Gasteiger partial charge in [-0.15, -0.1) is 0 Å². The molecule has 2 aromatic rings. The number of ether oxygens (including phenoxy) is 1. The Hall–Kier alpha value is -2.67. The molecule has 0 aliphatic carbocycles. The largest absolute Gasteiger partial charge is 0.477 e. The van der Waals surface area contributed by atoms with E-state index in [0.29, 0.717) is 24.7 Å². The fourth-order valence-corrected chi connectivity index (χ4v) is 2.92. The van der Waals surface area contributed by atoms with Crippen molar-refractivity contribution in [3.05, 3.63) is 53.2 Å². The van der Waals surface area contributed by atoms with E-state index in [1.165, 1.54) is 18.2 Å². The number of aromatic nitrogens is 1. The minimum atomic E-state index is -1.15. The predicted molar refractivity (Wildman–Crippen MR) is 83.6 cm³/mol. The second-order valence-corrected chi connectivity index (χ2v) is 5.61. The maximum atomic E-state index is 12.7. The molecule has 3 rings (SSSR count). The van der Waals surface area contributed by atoms with Gasteiger partial charge in [0.2, 0.25) is 0 Å². The maximum Gasteiger partial charge on any atom is 0.354 e. The number of hydrogen-bond donors (Lipinski definition) is 1. The summed E-state index contributed by atoms with van der Waals surface area (Å²) < 4.78 is 10.8. The number of furan rings is 1. The molecule has 7 heteroatoms.